The molecule has 0 aliphatic rings. The van der Waals surface area contributed by atoms with Gasteiger partial charge in [0.2, 0.25) is 5.91 Å². The van der Waals surface area contributed by atoms with Crippen LogP contribution in [0.4, 0.5) is 4.39 Å². The molecule has 1 aromatic carbocycles. The van der Waals surface area contributed by atoms with Gasteiger partial charge in [-0.25, -0.2) is 10.2 Å². The van der Waals surface area contributed by atoms with Crippen molar-refractivity contribution < 1.29 is 13.9 Å². The van der Waals surface area contributed by atoms with Gasteiger partial charge in [-0.05, 0) is 47.0 Å². The van der Waals surface area contributed by atoms with Gasteiger partial charge in [-0.2, -0.15) is 0 Å². The van der Waals surface area contributed by atoms with E-state index >= 15 is 0 Å². The van der Waals surface area contributed by atoms with Gasteiger partial charge in [0.1, 0.15) is 11.6 Å². The molecule has 0 atom stereocenters. The number of hydrogen-bond donors (Lipinski definition) is 2. The highest BCUT2D eigenvalue weighted by molar-refractivity contribution is 9.10. The number of carbonyl (C=O) groups excluding carboxylic acids is 1. The topological polar surface area (TPSA) is 64.3 Å². The Bertz CT molecular complexity index is 388. The molecule has 0 spiro atoms. The van der Waals surface area contributed by atoms with E-state index in [-0.39, 0.29) is 11.7 Å². The fourth-order valence-corrected chi connectivity index (χ4v) is 1.70. The maximum Gasteiger partial charge on any atom is 0.233 e. The Morgan fingerprint density at radius 2 is 2.24 bits per heavy atom. The average molecular weight is 305 g/mol. The predicted molar refractivity (Wildman–Crippen MR) is 65.8 cm³/mol. The van der Waals surface area contributed by atoms with Crippen LogP contribution < -0.4 is 16.0 Å². The van der Waals surface area contributed by atoms with E-state index < -0.39 is 0 Å². The largest absolute Gasteiger partial charge is 0.492 e. The lowest BCUT2D eigenvalue weighted by atomic mass is 10.2. The molecule has 6 heteroatoms. The second-order valence-corrected chi connectivity index (χ2v) is 4.30. The van der Waals surface area contributed by atoms with Crippen molar-refractivity contribution in [2.45, 2.75) is 19.3 Å². The van der Waals surface area contributed by atoms with Gasteiger partial charge in [0.15, 0.2) is 0 Å². The maximum atomic E-state index is 12.8. The van der Waals surface area contributed by atoms with Crippen LogP contribution in [0.1, 0.15) is 19.3 Å². The third-order valence-corrected chi connectivity index (χ3v) is 2.73. The summed E-state index contributed by atoms with van der Waals surface area (Å²) in [5.41, 5.74) is 2.06. The van der Waals surface area contributed by atoms with Crippen molar-refractivity contribution in [3.63, 3.8) is 0 Å². The lowest BCUT2D eigenvalue weighted by Crippen LogP contribution is -2.29. The SMILES string of the molecule is NNC(=O)CCCCOc1ccc(F)cc1Br. The molecule has 0 saturated heterocycles. The Labute approximate surface area is 107 Å². The van der Waals surface area contributed by atoms with E-state index in [9.17, 15) is 9.18 Å². The zero-order valence-electron chi connectivity index (χ0n) is 9.21. The van der Waals surface area contributed by atoms with Gasteiger partial charge in [0.25, 0.3) is 0 Å². The number of hydrogen-bond acceptors (Lipinski definition) is 3. The number of unbranched alkanes of at least 4 members (excludes halogenated alkanes) is 1. The molecule has 0 saturated carbocycles. The zero-order chi connectivity index (χ0) is 12.7. The number of nitrogens with one attached hydrogen (secondary N) is 1. The number of carbonyl (C=O) groups is 1. The van der Waals surface area contributed by atoms with Crippen LogP contribution in [0.3, 0.4) is 0 Å². The molecule has 0 heterocycles. The van der Waals surface area contributed by atoms with Gasteiger partial charge >= 0.3 is 0 Å². The lowest BCUT2D eigenvalue weighted by Gasteiger charge is -2.07. The first-order valence-corrected chi connectivity index (χ1v) is 6.00. The van der Waals surface area contributed by atoms with Crippen LogP contribution in [0, 0.1) is 5.82 Å². The monoisotopic (exact) mass is 304 g/mol. The summed E-state index contributed by atoms with van der Waals surface area (Å²) in [6, 6.07) is 4.24. The highest BCUT2D eigenvalue weighted by Gasteiger charge is 2.03. The van der Waals surface area contributed by atoms with E-state index in [2.05, 4.69) is 21.4 Å². The molecular weight excluding hydrogens is 291 g/mol. The molecule has 0 aliphatic carbocycles. The summed E-state index contributed by atoms with van der Waals surface area (Å²) in [4.78, 5) is 10.8. The molecule has 1 amide bonds. The van der Waals surface area contributed by atoms with Crippen LogP contribution in [-0.2, 0) is 4.79 Å². The molecule has 3 N–H and O–H groups in total. The quantitative estimate of drug-likeness (QED) is 0.366. The number of halogens is 2. The van der Waals surface area contributed by atoms with Gasteiger partial charge in [-0.1, -0.05) is 0 Å². The highest BCUT2D eigenvalue weighted by atomic mass is 79.9. The minimum Gasteiger partial charge on any atom is -0.492 e. The average Bonchev–Trinajstić information content (AvgIpc) is 2.30. The number of amides is 1. The molecule has 17 heavy (non-hydrogen) atoms. The highest BCUT2D eigenvalue weighted by Crippen LogP contribution is 2.25. The molecule has 0 radical (unpaired) electrons. The molecule has 0 aromatic heterocycles. The molecule has 0 bridgehead atoms. The van der Waals surface area contributed by atoms with E-state index in [1.54, 1.807) is 6.07 Å². The number of hydrazine groups is 1. The summed E-state index contributed by atoms with van der Waals surface area (Å²) >= 11 is 3.21. The predicted octanol–water partition coefficient (Wildman–Crippen LogP) is 2.13. The molecule has 1 aromatic rings. The first-order valence-electron chi connectivity index (χ1n) is 5.21. The molecule has 0 aliphatic heterocycles. The van der Waals surface area contributed by atoms with E-state index in [4.69, 9.17) is 10.6 Å². The van der Waals surface area contributed by atoms with Gasteiger partial charge in [-0.15, -0.1) is 0 Å². The number of nitrogens with two attached hydrogens (primary N) is 1. The van der Waals surface area contributed by atoms with E-state index in [1.165, 1.54) is 12.1 Å². The normalized spacial score (nSPS) is 10.1. The van der Waals surface area contributed by atoms with Crippen molar-refractivity contribution >= 4 is 21.8 Å². The van der Waals surface area contributed by atoms with Crippen LogP contribution in [-0.4, -0.2) is 12.5 Å². The van der Waals surface area contributed by atoms with Crippen molar-refractivity contribution in [2.75, 3.05) is 6.61 Å². The van der Waals surface area contributed by atoms with Crippen LogP contribution >= 0.6 is 15.9 Å². The summed E-state index contributed by atoms with van der Waals surface area (Å²) in [7, 11) is 0. The molecule has 0 unspecified atom stereocenters. The smallest absolute Gasteiger partial charge is 0.233 e. The van der Waals surface area contributed by atoms with Crippen molar-refractivity contribution in [3.05, 3.63) is 28.5 Å². The Kier molecular flexibility index (Phi) is 5.93. The summed E-state index contributed by atoms with van der Waals surface area (Å²) in [5, 5.41) is 0. The van der Waals surface area contributed by atoms with Crippen molar-refractivity contribution in [1.82, 2.24) is 5.43 Å². The Morgan fingerprint density at radius 3 is 2.88 bits per heavy atom. The lowest BCUT2D eigenvalue weighted by molar-refractivity contribution is -0.121. The first-order chi connectivity index (χ1) is 8.13. The van der Waals surface area contributed by atoms with Gasteiger partial charge in [0, 0.05) is 6.42 Å². The standard InChI is InChI=1S/C11H14BrFN2O2/c12-9-7-8(13)4-5-10(9)17-6-2-1-3-11(16)15-14/h4-5,7H,1-3,6,14H2,(H,15,16). The van der Waals surface area contributed by atoms with Gasteiger partial charge in [0.05, 0.1) is 11.1 Å². The van der Waals surface area contributed by atoms with Crippen LogP contribution in [0.5, 0.6) is 5.75 Å². The Hall–Kier alpha value is -1.14. The second-order valence-electron chi connectivity index (χ2n) is 3.45. The van der Waals surface area contributed by atoms with Crippen molar-refractivity contribution in [2.24, 2.45) is 5.84 Å². The number of benzene rings is 1. The Balaban J connectivity index is 2.24. The Morgan fingerprint density at radius 1 is 1.47 bits per heavy atom. The van der Waals surface area contributed by atoms with E-state index in [1.807, 2.05) is 0 Å². The van der Waals surface area contributed by atoms with Crippen molar-refractivity contribution in [3.8, 4) is 5.75 Å². The minimum absolute atomic E-state index is 0.187. The number of ether oxygens (including phenoxy) is 1. The third kappa shape index (κ3) is 5.14. The molecule has 94 valence electrons. The summed E-state index contributed by atoms with van der Waals surface area (Å²) in [6.07, 6.45) is 1.81. The molecule has 1 rings (SSSR count). The zero-order valence-corrected chi connectivity index (χ0v) is 10.8. The molecular formula is C11H14BrFN2O2. The van der Waals surface area contributed by atoms with Gasteiger partial charge < -0.3 is 4.74 Å². The first kappa shape index (κ1) is 13.9. The summed E-state index contributed by atoms with van der Waals surface area (Å²) in [5.74, 6) is 5.03. The summed E-state index contributed by atoms with van der Waals surface area (Å²) in [6.45, 7) is 0.474. The second kappa shape index (κ2) is 7.24. The van der Waals surface area contributed by atoms with E-state index in [0.29, 0.717) is 29.7 Å². The van der Waals surface area contributed by atoms with Crippen LogP contribution in [0.25, 0.3) is 0 Å². The summed E-state index contributed by atoms with van der Waals surface area (Å²) < 4.78 is 18.8. The third-order valence-electron chi connectivity index (χ3n) is 2.11. The van der Waals surface area contributed by atoms with Gasteiger partial charge in [-0.3, -0.25) is 10.2 Å². The minimum atomic E-state index is -0.316. The molecule has 0 fully saturated rings. The fraction of sp³-hybridized carbons (Fsp3) is 0.364. The van der Waals surface area contributed by atoms with Crippen molar-refractivity contribution in [1.29, 1.82) is 0 Å². The van der Waals surface area contributed by atoms with E-state index in [0.717, 1.165) is 6.42 Å². The fourth-order valence-electron chi connectivity index (χ4n) is 1.23. The maximum absolute atomic E-state index is 12.8. The molecule has 4 nitrogen and oxygen atoms in total. The van der Waals surface area contributed by atoms with Crippen LogP contribution in [0.15, 0.2) is 22.7 Å². The van der Waals surface area contributed by atoms with Crippen LogP contribution in [0.2, 0.25) is 0 Å². The number of rotatable bonds is 6.